The maximum absolute atomic E-state index is 11.9. The van der Waals surface area contributed by atoms with Gasteiger partial charge in [-0.15, -0.1) is 0 Å². The fourth-order valence-electron chi connectivity index (χ4n) is 1.92. The van der Waals surface area contributed by atoms with E-state index in [1.165, 1.54) is 0 Å². The summed E-state index contributed by atoms with van der Waals surface area (Å²) in [6.45, 7) is 9.75. The fourth-order valence-corrected chi connectivity index (χ4v) is 1.92. The minimum absolute atomic E-state index is 0.281. The third-order valence-electron chi connectivity index (χ3n) is 2.89. The Balaban J connectivity index is 3.08. The van der Waals surface area contributed by atoms with Gasteiger partial charge in [0.2, 0.25) is 0 Å². The number of benzene rings is 1. The average molecular weight is 265 g/mol. The highest BCUT2D eigenvalue weighted by molar-refractivity contribution is 5.84. The number of nitrogens with one attached hydrogen (secondary N) is 1. The van der Waals surface area contributed by atoms with Gasteiger partial charge in [-0.3, -0.25) is 0 Å². The molecule has 106 valence electrons. The third kappa shape index (κ3) is 3.63. The summed E-state index contributed by atoms with van der Waals surface area (Å²) < 4.78 is 10.5. The summed E-state index contributed by atoms with van der Waals surface area (Å²) in [5.74, 6) is 0.451. The van der Waals surface area contributed by atoms with E-state index >= 15 is 0 Å². The molecule has 0 radical (unpaired) electrons. The predicted molar refractivity (Wildman–Crippen MR) is 76.8 cm³/mol. The highest BCUT2D eigenvalue weighted by atomic mass is 16.5. The molecule has 0 fully saturated rings. The lowest BCUT2D eigenvalue weighted by Crippen LogP contribution is -2.42. The Bertz CT molecular complexity index is 467. The van der Waals surface area contributed by atoms with E-state index in [0.717, 1.165) is 22.6 Å². The number of anilines is 1. The molecule has 4 heteroatoms. The summed E-state index contributed by atoms with van der Waals surface area (Å²) in [6.07, 6.45) is 0. The van der Waals surface area contributed by atoms with Gasteiger partial charge in [0, 0.05) is 0 Å². The van der Waals surface area contributed by atoms with Gasteiger partial charge < -0.3 is 14.8 Å². The predicted octanol–water partition coefficient (Wildman–Crippen LogP) is 3.07. The van der Waals surface area contributed by atoms with E-state index in [1.807, 2.05) is 26.0 Å². The lowest BCUT2D eigenvalue weighted by atomic mass is 10.0. The van der Waals surface area contributed by atoms with Gasteiger partial charge in [0.15, 0.2) is 0 Å². The monoisotopic (exact) mass is 265 g/mol. The Labute approximate surface area is 115 Å². The molecule has 1 aromatic rings. The minimum atomic E-state index is -0.802. The second kappa shape index (κ2) is 5.95. The first kappa shape index (κ1) is 15.3. The summed E-state index contributed by atoms with van der Waals surface area (Å²) >= 11 is 0. The molecule has 0 atom stereocenters. The number of carbonyl (C=O) groups is 1. The second-order valence-corrected chi connectivity index (χ2v) is 5.13. The van der Waals surface area contributed by atoms with Crippen molar-refractivity contribution < 1.29 is 14.3 Å². The number of hydrogen-bond acceptors (Lipinski definition) is 4. The van der Waals surface area contributed by atoms with Crippen LogP contribution in [-0.2, 0) is 9.53 Å². The number of aryl methyl sites for hydroxylation is 2. The SMILES string of the molecule is CCOC(=O)C(C)(C)Nc1c(C)cc(C)cc1OC. The van der Waals surface area contributed by atoms with Crippen LogP contribution in [0.3, 0.4) is 0 Å². The summed E-state index contributed by atoms with van der Waals surface area (Å²) in [5, 5.41) is 3.22. The van der Waals surface area contributed by atoms with Crippen molar-refractivity contribution in [1.29, 1.82) is 0 Å². The Morgan fingerprint density at radius 1 is 1.32 bits per heavy atom. The van der Waals surface area contributed by atoms with Crippen LogP contribution in [0.15, 0.2) is 12.1 Å². The van der Waals surface area contributed by atoms with E-state index in [0.29, 0.717) is 6.61 Å². The highest BCUT2D eigenvalue weighted by Gasteiger charge is 2.30. The molecule has 1 aromatic carbocycles. The van der Waals surface area contributed by atoms with Crippen LogP contribution in [0.25, 0.3) is 0 Å². The van der Waals surface area contributed by atoms with Crippen molar-refractivity contribution in [2.24, 2.45) is 0 Å². The van der Waals surface area contributed by atoms with Crippen molar-refractivity contribution in [3.8, 4) is 5.75 Å². The Morgan fingerprint density at radius 3 is 2.47 bits per heavy atom. The first-order valence-corrected chi connectivity index (χ1v) is 6.42. The molecule has 0 heterocycles. The molecule has 0 saturated carbocycles. The number of carbonyl (C=O) groups excluding carboxylic acids is 1. The van der Waals surface area contributed by atoms with Gasteiger partial charge in [-0.25, -0.2) is 4.79 Å². The quantitative estimate of drug-likeness (QED) is 0.831. The van der Waals surface area contributed by atoms with Crippen molar-refractivity contribution in [3.05, 3.63) is 23.3 Å². The lowest BCUT2D eigenvalue weighted by molar-refractivity contribution is -0.147. The number of methoxy groups -OCH3 is 1. The van der Waals surface area contributed by atoms with Crippen molar-refractivity contribution in [1.82, 2.24) is 0 Å². The van der Waals surface area contributed by atoms with Gasteiger partial charge in [-0.1, -0.05) is 6.07 Å². The molecule has 0 aromatic heterocycles. The number of rotatable bonds is 5. The molecule has 1 rings (SSSR count). The Kier molecular flexibility index (Phi) is 4.81. The molecule has 0 bridgehead atoms. The zero-order chi connectivity index (χ0) is 14.6. The summed E-state index contributed by atoms with van der Waals surface area (Å²) in [7, 11) is 1.62. The first-order chi connectivity index (χ1) is 8.81. The maximum atomic E-state index is 11.9. The summed E-state index contributed by atoms with van der Waals surface area (Å²) in [6, 6.07) is 3.99. The highest BCUT2D eigenvalue weighted by Crippen LogP contribution is 2.32. The van der Waals surface area contributed by atoms with Crippen LogP contribution in [0.2, 0.25) is 0 Å². The fraction of sp³-hybridized carbons (Fsp3) is 0.533. The lowest BCUT2D eigenvalue weighted by Gasteiger charge is -2.27. The molecule has 19 heavy (non-hydrogen) atoms. The van der Waals surface area contributed by atoms with E-state index in [-0.39, 0.29) is 5.97 Å². The number of esters is 1. The van der Waals surface area contributed by atoms with E-state index < -0.39 is 5.54 Å². The van der Waals surface area contributed by atoms with Crippen molar-refractivity contribution in [3.63, 3.8) is 0 Å². The molecule has 0 aliphatic carbocycles. The van der Waals surface area contributed by atoms with E-state index in [2.05, 4.69) is 5.32 Å². The largest absolute Gasteiger partial charge is 0.495 e. The van der Waals surface area contributed by atoms with Crippen LogP contribution < -0.4 is 10.1 Å². The van der Waals surface area contributed by atoms with Crippen LogP contribution in [0.1, 0.15) is 31.9 Å². The average Bonchev–Trinajstić information content (AvgIpc) is 2.32. The van der Waals surface area contributed by atoms with Gasteiger partial charge >= 0.3 is 5.97 Å². The molecule has 1 N–H and O–H groups in total. The van der Waals surface area contributed by atoms with Gasteiger partial charge in [0.25, 0.3) is 0 Å². The normalized spacial score (nSPS) is 11.1. The molecular weight excluding hydrogens is 242 g/mol. The molecule has 0 aliphatic heterocycles. The molecule has 0 spiro atoms. The van der Waals surface area contributed by atoms with Crippen LogP contribution in [-0.4, -0.2) is 25.2 Å². The first-order valence-electron chi connectivity index (χ1n) is 6.42. The maximum Gasteiger partial charge on any atom is 0.331 e. The zero-order valence-electron chi connectivity index (χ0n) is 12.6. The van der Waals surface area contributed by atoms with Crippen molar-refractivity contribution in [2.45, 2.75) is 40.2 Å². The summed E-state index contributed by atoms with van der Waals surface area (Å²) in [4.78, 5) is 11.9. The molecule has 4 nitrogen and oxygen atoms in total. The molecule has 0 amide bonds. The zero-order valence-corrected chi connectivity index (χ0v) is 12.6. The van der Waals surface area contributed by atoms with E-state index in [4.69, 9.17) is 9.47 Å². The third-order valence-corrected chi connectivity index (χ3v) is 2.89. The van der Waals surface area contributed by atoms with Gasteiger partial charge in [0.05, 0.1) is 19.4 Å². The molecule has 0 unspecified atom stereocenters. The van der Waals surface area contributed by atoms with Crippen molar-refractivity contribution in [2.75, 3.05) is 19.0 Å². The Hall–Kier alpha value is -1.71. The van der Waals surface area contributed by atoms with Crippen LogP contribution in [0, 0.1) is 13.8 Å². The molecule has 0 aliphatic rings. The smallest absolute Gasteiger partial charge is 0.331 e. The van der Waals surface area contributed by atoms with Crippen LogP contribution in [0.5, 0.6) is 5.75 Å². The minimum Gasteiger partial charge on any atom is -0.495 e. The second-order valence-electron chi connectivity index (χ2n) is 5.13. The number of hydrogen-bond donors (Lipinski definition) is 1. The van der Waals surface area contributed by atoms with E-state index in [1.54, 1.807) is 27.9 Å². The summed E-state index contributed by atoms with van der Waals surface area (Å²) in [5.41, 5.74) is 2.18. The van der Waals surface area contributed by atoms with E-state index in [9.17, 15) is 4.79 Å². The molecular formula is C15H23NO3. The number of ether oxygens (including phenoxy) is 2. The van der Waals surface area contributed by atoms with Crippen LogP contribution in [0.4, 0.5) is 5.69 Å². The Morgan fingerprint density at radius 2 is 1.95 bits per heavy atom. The topological polar surface area (TPSA) is 47.6 Å². The van der Waals surface area contributed by atoms with Gasteiger partial charge in [-0.05, 0) is 51.8 Å². The van der Waals surface area contributed by atoms with Gasteiger partial charge in [-0.2, -0.15) is 0 Å². The van der Waals surface area contributed by atoms with Crippen molar-refractivity contribution >= 4 is 11.7 Å². The standard InChI is InChI=1S/C15H23NO3/c1-7-19-14(17)15(4,5)16-13-11(3)8-10(2)9-12(13)18-6/h8-9,16H,7H2,1-6H3. The van der Waals surface area contributed by atoms with Crippen LogP contribution >= 0.6 is 0 Å². The molecule has 0 saturated heterocycles. The van der Waals surface area contributed by atoms with Gasteiger partial charge in [0.1, 0.15) is 11.3 Å².